The third-order valence-electron chi connectivity index (χ3n) is 3.03. The van der Waals surface area contributed by atoms with E-state index < -0.39 is 11.9 Å². The van der Waals surface area contributed by atoms with E-state index in [1.807, 2.05) is 24.3 Å². The largest absolute Gasteiger partial charge is 0.389 e. The Morgan fingerprint density at radius 1 is 1.16 bits per heavy atom. The van der Waals surface area contributed by atoms with Gasteiger partial charge in [-0.15, -0.1) is 5.10 Å². The first kappa shape index (κ1) is 11.8. The van der Waals surface area contributed by atoms with E-state index >= 15 is 0 Å². The fourth-order valence-electron chi connectivity index (χ4n) is 2.13. The molecular formula is C14H12FN3O. The Bertz CT molecular complexity index is 736. The van der Waals surface area contributed by atoms with Crippen LogP contribution in [-0.2, 0) is 0 Å². The summed E-state index contributed by atoms with van der Waals surface area (Å²) in [6, 6.07) is 11.9. The first-order chi connectivity index (χ1) is 9.18. The first-order valence-corrected chi connectivity index (χ1v) is 5.96. The molecule has 0 aliphatic rings. The average Bonchev–Trinajstić information content (AvgIpc) is 2.82. The van der Waals surface area contributed by atoms with Crippen molar-refractivity contribution in [2.45, 2.75) is 13.0 Å². The molecule has 96 valence electrons. The van der Waals surface area contributed by atoms with Crippen LogP contribution in [0.1, 0.15) is 18.6 Å². The molecule has 4 nitrogen and oxygen atoms in total. The lowest BCUT2D eigenvalue weighted by atomic mass is 10.1. The smallest absolute Gasteiger partial charge is 0.149 e. The van der Waals surface area contributed by atoms with E-state index in [0.717, 1.165) is 0 Å². The zero-order valence-corrected chi connectivity index (χ0v) is 10.3. The maximum absolute atomic E-state index is 14.1. The second-order valence-corrected chi connectivity index (χ2v) is 4.34. The predicted molar refractivity (Wildman–Crippen MR) is 69.5 cm³/mol. The van der Waals surface area contributed by atoms with Crippen LogP contribution in [0.15, 0.2) is 42.5 Å². The summed E-state index contributed by atoms with van der Waals surface area (Å²) in [7, 11) is 0. The van der Waals surface area contributed by atoms with Gasteiger partial charge in [0.05, 0.1) is 11.6 Å². The fraction of sp³-hybridized carbons (Fsp3) is 0.143. The van der Waals surface area contributed by atoms with Crippen LogP contribution in [0.25, 0.3) is 16.7 Å². The maximum Gasteiger partial charge on any atom is 0.149 e. The summed E-state index contributed by atoms with van der Waals surface area (Å²) in [6.07, 6.45) is -0.784. The standard InChI is InChI=1S/C14H12FN3O/c1-9(19)10-5-4-6-11(15)14(10)18-13-8-3-2-7-12(13)16-17-18/h2-9,19H,1H3. The molecule has 3 rings (SSSR count). The van der Waals surface area contributed by atoms with Crippen molar-refractivity contribution in [1.29, 1.82) is 0 Å². The SMILES string of the molecule is CC(O)c1cccc(F)c1-n1nnc2ccccc21. The van der Waals surface area contributed by atoms with Crippen LogP contribution in [0.5, 0.6) is 0 Å². The molecule has 1 N–H and O–H groups in total. The molecule has 2 aromatic carbocycles. The topological polar surface area (TPSA) is 50.9 Å². The number of halogens is 1. The number of aliphatic hydroxyl groups is 1. The minimum atomic E-state index is -0.784. The van der Waals surface area contributed by atoms with Crippen LogP contribution in [0.3, 0.4) is 0 Å². The van der Waals surface area contributed by atoms with Crippen molar-refractivity contribution >= 4 is 11.0 Å². The average molecular weight is 257 g/mol. The van der Waals surface area contributed by atoms with Gasteiger partial charge in [-0.05, 0) is 25.1 Å². The highest BCUT2D eigenvalue weighted by Gasteiger charge is 2.17. The van der Waals surface area contributed by atoms with E-state index in [-0.39, 0.29) is 5.69 Å². The molecule has 1 heterocycles. The molecule has 0 saturated carbocycles. The van der Waals surface area contributed by atoms with Crippen molar-refractivity contribution in [3.05, 3.63) is 53.8 Å². The molecule has 0 amide bonds. The van der Waals surface area contributed by atoms with Crippen LogP contribution in [0.2, 0.25) is 0 Å². The highest BCUT2D eigenvalue weighted by Crippen LogP contribution is 2.26. The van der Waals surface area contributed by atoms with Crippen molar-refractivity contribution in [2.24, 2.45) is 0 Å². The Hall–Kier alpha value is -2.27. The molecule has 0 aliphatic carbocycles. The van der Waals surface area contributed by atoms with Gasteiger partial charge in [0.25, 0.3) is 0 Å². The Kier molecular flexibility index (Phi) is 2.76. The zero-order valence-electron chi connectivity index (χ0n) is 10.3. The highest BCUT2D eigenvalue weighted by molar-refractivity contribution is 5.76. The van der Waals surface area contributed by atoms with Gasteiger partial charge in [-0.2, -0.15) is 0 Å². The number of hydrogen-bond donors (Lipinski definition) is 1. The number of aromatic nitrogens is 3. The lowest BCUT2D eigenvalue weighted by molar-refractivity contribution is 0.198. The predicted octanol–water partition coefficient (Wildman–Crippen LogP) is 2.61. The third kappa shape index (κ3) is 1.88. The Morgan fingerprint density at radius 3 is 2.74 bits per heavy atom. The Balaban J connectivity index is 2.33. The van der Waals surface area contributed by atoms with E-state index in [1.54, 1.807) is 19.1 Å². The van der Waals surface area contributed by atoms with Crippen molar-refractivity contribution in [1.82, 2.24) is 15.0 Å². The fourth-order valence-corrected chi connectivity index (χ4v) is 2.13. The van der Waals surface area contributed by atoms with Crippen molar-refractivity contribution in [3.8, 4) is 5.69 Å². The number of nitrogens with zero attached hydrogens (tertiary/aromatic N) is 3. The van der Waals surface area contributed by atoms with Crippen LogP contribution in [-0.4, -0.2) is 20.1 Å². The minimum Gasteiger partial charge on any atom is -0.389 e. The molecular weight excluding hydrogens is 245 g/mol. The summed E-state index contributed by atoms with van der Waals surface area (Å²) in [6.45, 7) is 1.59. The number of benzene rings is 2. The van der Waals surface area contributed by atoms with Gasteiger partial charge in [0.1, 0.15) is 17.0 Å². The quantitative estimate of drug-likeness (QED) is 0.767. The second kappa shape index (κ2) is 4.44. The number of para-hydroxylation sites is 2. The van der Waals surface area contributed by atoms with Crippen LogP contribution in [0.4, 0.5) is 4.39 Å². The van der Waals surface area contributed by atoms with E-state index in [4.69, 9.17) is 0 Å². The van der Waals surface area contributed by atoms with Crippen LogP contribution in [0, 0.1) is 5.82 Å². The molecule has 0 bridgehead atoms. The molecule has 1 unspecified atom stereocenters. The van der Waals surface area contributed by atoms with Crippen LogP contribution < -0.4 is 0 Å². The van der Waals surface area contributed by atoms with E-state index in [9.17, 15) is 9.50 Å². The minimum absolute atomic E-state index is 0.242. The molecule has 0 spiro atoms. The van der Waals surface area contributed by atoms with Gasteiger partial charge >= 0.3 is 0 Å². The molecule has 1 atom stereocenters. The van der Waals surface area contributed by atoms with Crippen molar-refractivity contribution in [2.75, 3.05) is 0 Å². The maximum atomic E-state index is 14.1. The zero-order chi connectivity index (χ0) is 13.4. The van der Waals surface area contributed by atoms with Gasteiger partial charge in [0.2, 0.25) is 0 Å². The first-order valence-electron chi connectivity index (χ1n) is 5.96. The summed E-state index contributed by atoms with van der Waals surface area (Å²) in [5, 5.41) is 17.8. The second-order valence-electron chi connectivity index (χ2n) is 4.34. The van der Waals surface area contributed by atoms with Crippen molar-refractivity contribution in [3.63, 3.8) is 0 Å². The Morgan fingerprint density at radius 2 is 1.95 bits per heavy atom. The monoisotopic (exact) mass is 257 g/mol. The summed E-state index contributed by atoms with van der Waals surface area (Å²) < 4.78 is 15.5. The van der Waals surface area contributed by atoms with Gasteiger partial charge in [0, 0.05) is 5.56 Å². The van der Waals surface area contributed by atoms with E-state index in [1.165, 1.54) is 10.7 Å². The van der Waals surface area contributed by atoms with Crippen molar-refractivity contribution < 1.29 is 9.50 Å². The third-order valence-corrected chi connectivity index (χ3v) is 3.03. The molecule has 0 fully saturated rings. The van der Waals surface area contributed by atoms with Gasteiger partial charge in [-0.25, -0.2) is 9.07 Å². The molecule has 0 radical (unpaired) electrons. The summed E-state index contributed by atoms with van der Waals surface area (Å²) in [5.41, 5.74) is 2.11. The molecule has 0 saturated heterocycles. The van der Waals surface area contributed by atoms with Gasteiger partial charge in [-0.1, -0.05) is 29.5 Å². The van der Waals surface area contributed by atoms with Crippen LogP contribution >= 0.6 is 0 Å². The summed E-state index contributed by atoms with van der Waals surface area (Å²) >= 11 is 0. The molecule has 0 aliphatic heterocycles. The van der Waals surface area contributed by atoms with Gasteiger partial charge < -0.3 is 5.11 Å². The Labute approximate surface area is 109 Å². The lowest BCUT2D eigenvalue weighted by Gasteiger charge is -2.12. The van der Waals surface area contributed by atoms with E-state index in [2.05, 4.69) is 10.3 Å². The molecule has 5 heteroatoms. The molecule has 19 heavy (non-hydrogen) atoms. The summed E-state index contributed by atoms with van der Waals surface area (Å²) in [5.74, 6) is -0.436. The van der Waals surface area contributed by atoms with E-state index in [0.29, 0.717) is 16.6 Å². The number of rotatable bonds is 2. The van der Waals surface area contributed by atoms with Gasteiger partial charge in [-0.3, -0.25) is 0 Å². The molecule has 3 aromatic rings. The summed E-state index contributed by atoms with van der Waals surface area (Å²) in [4.78, 5) is 0. The number of hydrogen-bond acceptors (Lipinski definition) is 3. The molecule has 1 aromatic heterocycles. The lowest BCUT2D eigenvalue weighted by Crippen LogP contribution is -2.07. The highest BCUT2D eigenvalue weighted by atomic mass is 19.1. The number of fused-ring (bicyclic) bond motifs is 1. The van der Waals surface area contributed by atoms with Gasteiger partial charge in [0.15, 0.2) is 0 Å². The number of aliphatic hydroxyl groups excluding tert-OH is 1. The normalized spacial score (nSPS) is 12.8.